The average Bonchev–Trinajstić information content (AvgIpc) is 3.00. The van der Waals surface area contributed by atoms with E-state index in [4.69, 9.17) is 4.74 Å². The van der Waals surface area contributed by atoms with Gasteiger partial charge in [0.1, 0.15) is 24.0 Å². The molecule has 1 heterocycles. The van der Waals surface area contributed by atoms with Crippen LogP contribution in [0.25, 0.3) is 0 Å². The van der Waals surface area contributed by atoms with Crippen molar-refractivity contribution in [3.63, 3.8) is 0 Å². The molecular formula is C16H24N6O. The Morgan fingerprint density at radius 1 is 1.30 bits per heavy atom. The molecule has 0 radical (unpaired) electrons. The molecule has 1 unspecified atom stereocenters. The minimum atomic E-state index is 0.0748. The third kappa shape index (κ3) is 5.28. The summed E-state index contributed by atoms with van der Waals surface area (Å²) in [6.07, 6.45) is 2.52. The monoisotopic (exact) mass is 316 g/mol. The van der Waals surface area contributed by atoms with Gasteiger partial charge in [0.05, 0.1) is 13.1 Å². The molecule has 0 saturated heterocycles. The SMILES string of the molecule is CCC(CNC(=NC)NCc1ncnn1C)Oc1ccccc1. The Hall–Kier alpha value is -2.57. The van der Waals surface area contributed by atoms with Crippen molar-refractivity contribution in [2.75, 3.05) is 13.6 Å². The number of nitrogens with one attached hydrogen (secondary N) is 2. The van der Waals surface area contributed by atoms with E-state index in [9.17, 15) is 0 Å². The molecule has 0 saturated carbocycles. The van der Waals surface area contributed by atoms with Crippen LogP contribution in [0, 0.1) is 0 Å². The minimum absolute atomic E-state index is 0.0748. The van der Waals surface area contributed by atoms with Crippen LogP contribution in [0.2, 0.25) is 0 Å². The number of benzene rings is 1. The molecule has 0 aliphatic heterocycles. The van der Waals surface area contributed by atoms with Gasteiger partial charge in [0.25, 0.3) is 0 Å². The number of aryl methyl sites for hydroxylation is 1. The molecule has 1 atom stereocenters. The number of aromatic nitrogens is 3. The average molecular weight is 316 g/mol. The van der Waals surface area contributed by atoms with Crippen molar-refractivity contribution in [2.45, 2.75) is 26.0 Å². The topological polar surface area (TPSA) is 76.4 Å². The smallest absolute Gasteiger partial charge is 0.191 e. The van der Waals surface area contributed by atoms with E-state index in [1.807, 2.05) is 37.4 Å². The summed E-state index contributed by atoms with van der Waals surface area (Å²) in [6, 6.07) is 9.84. The van der Waals surface area contributed by atoms with Gasteiger partial charge in [-0.3, -0.25) is 9.67 Å². The molecule has 2 aromatic rings. The number of hydrogen-bond donors (Lipinski definition) is 2. The fourth-order valence-electron chi connectivity index (χ4n) is 2.03. The lowest BCUT2D eigenvalue weighted by Gasteiger charge is -2.19. The van der Waals surface area contributed by atoms with E-state index >= 15 is 0 Å². The molecular weight excluding hydrogens is 292 g/mol. The van der Waals surface area contributed by atoms with E-state index < -0.39 is 0 Å². The highest BCUT2D eigenvalue weighted by Crippen LogP contribution is 2.11. The quantitative estimate of drug-likeness (QED) is 0.595. The first-order valence-corrected chi connectivity index (χ1v) is 7.72. The van der Waals surface area contributed by atoms with E-state index in [1.54, 1.807) is 11.7 Å². The fraction of sp³-hybridized carbons (Fsp3) is 0.438. The van der Waals surface area contributed by atoms with Gasteiger partial charge in [0.15, 0.2) is 5.96 Å². The Bertz CT molecular complexity index is 610. The standard InChI is InChI=1S/C16H24N6O/c1-4-13(23-14-8-6-5-7-9-14)10-18-16(17-2)19-11-15-20-12-21-22(15)3/h5-9,12-13H,4,10-11H2,1-3H3,(H2,17,18,19). The largest absolute Gasteiger partial charge is 0.489 e. The van der Waals surface area contributed by atoms with Crippen molar-refractivity contribution in [1.82, 2.24) is 25.4 Å². The predicted octanol–water partition coefficient (Wildman–Crippen LogP) is 1.34. The molecule has 0 aliphatic carbocycles. The summed E-state index contributed by atoms with van der Waals surface area (Å²) in [6.45, 7) is 3.33. The van der Waals surface area contributed by atoms with Gasteiger partial charge in [0.2, 0.25) is 0 Å². The zero-order valence-electron chi connectivity index (χ0n) is 13.9. The van der Waals surface area contributed by atoms with Crippen LogP contribution >= 0.6 is 0 Å². The molecule has 0 fully saturated rings. The highest BCUT2D eigenvalue weighted by molar-refractivity contribution is 5.79. The molecule has 0 aliphatic rings. The maximum Gasteiger partial charge on any atom is 0.191 e. The van der Waals surface area contributed by atoms with Gasteiger partial charge in [-0.05, 0) is 18.6 Å². The van der Waals surface area contributed by atoms with Gasteiger partial charge in [-0.25, -0.2) is 4.98 Å². The molecule has 23 heavy (non-hydrogen) atoms. The molecule has 0 amide bonds. The van der Waals surface area contributed by atoms with Crippen molar-refractivity contribution in [3.05, 3.63) is 42.5 Å². The molecule has 7 heteroatoms. The summed E-state index contributed by atoms with van der Waals surface area (Å²) < 4.78 is 7.69. The van der Waals surface area contributed by atoms with Crippen molar-refractivity contribution in [2.24, 2.45) is 12.0 Å². The van der Waals surface area contributed by atoms with Crippen LogP contribution in [0.15, 0.2) is 41.7 Å². The number of para-hydroxylation sites is 1. The Morgan fingerprint density at radius 2 is 2.09 bits per heavy atom. The van der Waals surface area contributed by atoms with Gasteiger partial charge in [0, 0.05) is 14.1 Å². The normalized spacial score (nSPS) is 12.7. The number of aliphatic imine (C=N–C) groups is 1. The van der Waals surface area contributed by atoms with Crippen molar-refractivity contribution < 1.29 is 4.74 Å². The van der Waals surface area contributed by atoms with Crippen molar-refractivity contribution >= 4 is 5.96 Å². The van der Waals surface area contributed by atoms with E-state index in [2.05, 4.69) is 32.6 Å². The van der Waals surface area contributed by atoms with Gasteiger partial charge >= 0.3 is 0 Å². The summed E-state index contributed by atoms with van der Waals surface area (Å²) in [5, 5.41) is 10.5. The number of hydrogen-bond acceptors (Lipinski definition) is 4. The number of ether oxygens (including phenoxy) is 1. The first-order chi connectivity index (χ1) is 11.2. The third-order valence-electron chi connectivity index (χ3n) is 3.44. The summed E-state index contributed by atoms with van der Waals surface area (Å²) in [4.78, 5) is 8.38. The molecule has 7 nitrogen and oxygen atoms in total. The second-order valence-electron chi connectivity index (χ2n) is 5.07. The second kappa shape index (κ2) is 8.77. The van der Waals surface area contributed by atoms with Crippen molar-refractivity contribution in [3.8, 4) is 5.75 Å². The van der Waals surface area contributed by atoms with Gasteiger partial charge in [-0.2, -0.15) is 5.10 Å². The molecule has 1 aromatic carbocycles. The van der Waals surface area contributed by atoms with Gasteiger partial charge in [-0.1, -0.05) is 25.1 Å². The zero-order chi connectivity index (χ0) is 16.5. The first kappa shape index (κ1) is 16.8. The highest BCUT2D eigenvalue weighted by atomic mass is 16.5. The van der Waals surface area contributed by atoms with E-state index in [1.165, 1.54) is 6.33 Å². The van der Waals surface area contributed by atoms with Crippen LogP contribution in [-0.4, -0.2) is 40.4 Å². The summed E-state index contributed by atoms with van der Waals surface area (Å²) in [5.74, 6) is 2.44. The van der Waals surface area contributed by atoms with Crippen LogP contribution in [0.3, 0.4) is 0 Å². The summed E-state index contributed by atoms with van der Waals surface area (Å²) in [7, 11) is 3.60. The number of nitrogens with zero attached hydrogens (tertiary/aromatic N) is 4. The predicted molar refractivity (Wildman–Crippen MR) is 90.4 cm³/mol. The third-order valence-corrected chi connectivity index (χ3v) is 3.44. The lowest BCUT2D eigenvalue weighted by atomic mass is 10.2. The fourth-order valence-corrected chi connectivity index (χ4v) is 2.03. The second-order valence-corrected chi connectivity index (χ2v) is 5.07. The lowest BCUT2D eigenvalue weighted by Crippen LogP contribution is -2.42. The van der Waals surface area contributed by atoms with Crippen LogP contribution in [-0.2, 0) is 13.6 Å². The van der Waals surface area contributed by atoms with Gasteiger partial charge in [-0.15, -0.1) is 0 Å². The summed E-state index contributed by atoms with van der Waals surface area (Å²) in [5.41, 5.74) is 0. The molecule has 124 valence electrons. The number of rotatable bonds is 7. The molecule has 0 bridgehead atoms. The maximum absolute atomic E-state index is 5.96. The molecule has 2 rings (SSSR count). The Kier molecular flexibility index (Phi) is 6.40. The molecule has 1 aromatic heterocycles. The van der Waals surface area contributed by atoms with Crippen LogP contribution in [0.1, 0.15) is 19.2 Å². The summed E-state index contributed by atoms with van der Waals surface area (Å²) >= 11 is 0. The van der Waals surface area contributed by atoms with E-state index in [-0.39, 0.29) is 6.10 Å². The van der Waals surface area contributed by atoms with Crippen LogP contribution in [0.4, 0.5) is 0 Å². The minimum Gasteiger partial charge on any atom is -0.489 e. The molecule has 2 N–H and O–H groups in total. The highest BCUT2D eigenvalue weighted by Gasteiger charge is 2.09. The molecule has 0 spiro atoms. The van der Waals surface area contributed by atoms with Crippen LogP contribution < -0.4 is 15.4 Å². The Balaban J connectivity index is 1.80. The van der Waals surface area contributed by atoms with Crippen LogP contribution in [0.5, 0.6) is 5.75 Å². The Labute approximate surface area is 136 Å². The first-order valence-electron chi connectivity index (χ1n) is 7.72. The van der Waals surface area contributed by atoms with Gasteiger partial charge < -0.3 is 15.4 Å². The van der Waals surface area contributed by atoms with E-state index in [0.717, 1.165) is 18.0 Å². The van der Waals surface area contributed by atoms with E-state index in [0.29, 0.717) is 19.0 Å². The van der Waals surface area contributed by atoms with Crippen molar-refractivity contribution in [1.29, 1.82) is 0 Å². The Morgan fingerprint density at radius 3 is 2.70 bits per heavy atom. The maximum atomic E-state index is 5.96. The lowest BCUT2D eigenvalue weighted by molar-refractivity contribution is 0.199. The number of guanidine groups is 1. The zero-order valence-corrected chi connectivity index (χ0v) is 13.9.